The number of H-pyrrole nitrogens is 1. The molecule has 0 spiro atoms. The highest BCUT2D eigenvalue weighted by Crippen LogP contribution is 2.34. The number of anilines is 1. The Kier molecular flexibility index (Phi) is 7.99. The van der Waals surface area contributed by atoms with Crippen molar-refractivity contribution in [2.45, 2.75) is 51.1 Å². The normalized spacial score (nSPS) is 15.2. The van der Waals surface area contributed by atoms with Gasteiger partial charge in [0.15, 0.2) is 5.78 Å². The number of benzene rings is 2. The number of amides is 2. The largest absolute Gasteiger partial charge is 0.395 e. The summed E-state index contributed by atoms with van der Waals surface area (Å²) in [6.07, 6.45) is -2.55. The van der Waals surface area contributed by atoms with Gasteiger partial charge >= 0.3 is 6.18 Å². The van der Waals surface area contributed by atoms with Crippen LogP contribution >= 0.6 is 0 Å². The smallest absolute Gasteiger partial charge is 0.342 e. The van der Waals surface area contributed by atoms with Gasteiger partial charge in [-0.15, -0.1) is 0 Å². The lowest BCUT2D eigenvalue weighted by molar-refractivity contribution is -0.146. The van der Waals surface area contributed by atoms with Crippen LogP contribution in [0.2, 0.25) is 0 Å². The Balaban J connectivity index is 1.26. The molecule has 0 bridgehead atoms. The third-order valence-electron chi connectivity index (χ3n) is 7.00. The molecule has 1 aliphatic rings. The maximum absolute atomic E-state index is 12.9. The van der Waals surface area contributed by atoms with Gasteiger partial charge in [-0.05, 0) is 60.6 Å². The fraction of sp³-hybridized carbons (Fsp3) is 0.357. The topological polar surface area (TPSA) is 95.2 Å². The molecule has 1 unspecified atom stereocenters. The van der Waals surface area contributed by atoms with E-state index in [1.807, 2.05) is 24.3 Å². The molecule has 0 saturated carbocycles. The third kappa shape index (κ3) is 6.48. The lowest BCUT2D eigenvalue weighted by Crippen LogP contribution is -2.38. The van der Waals surface area contributed by atoms with Gasteiger partial charge in [0, 0.05) is 25.7 Å². The van der Waals surface area contributed by atoms with Crippen molar-refractivity contribution in [2.75, 3.05) is 18.4 Å². The lowest BCUT2D eigenvalue weighted by Gasteiger charge is -2.32. The van der Waals surface area contributed by atoms with Gasteiger partial charge in [-0.1, -0.05) is 36.4 Å². The number of carbonyl (C=O) groups is 3. The number of Topliss-reactive ketones (excluding diaryl/α,β-unsaturated/α-hetero) is 1. The molecule has 1 aliphatic heterocycles. The molecule has 2 N–H and O–H groups in total. The van der Waals surface area contributed by atoms with E-state index in [-0.39, 0.29) is 41.0 Å². The van der Waals surface area contributed by atoms with Crippen LogP contribution in [0.25, 0.3) is 0 Å². The van der Waals surface area contributed by atoms with Gasteiger partial charge in [0.1, 0.15) is 11.4 Å². The lowest BCUT2D eigenvalue weighted by atomic mass is 9.89. The molecule has 7 nitrogen and oxygen atoms in total. The number of nitrogens with one attached hydrogen (secondary N) is 2. The van der Waals surface area contributed by atoms with Crippen LogP contribution in [0.3, 0.4) is 0 Å². The molecule has 2 amide bonds. The zero-order chi connectivity index (χ0) is 27.4. The summed E-state index contributed by atoms with van der Waals surface area (Å²) in [5.74, 6) is -1.93. The van der Waals surface area contributed by atoms with E-state index in [4.69, 9.17) is 0 Å². The van der Waals surface area contributed by atoms with Gasteiger partial charge in [-0.3, -0.25) is 19.5 Å². The number of hydrogen-bond acceptors (Lipinski definition) is 4. The second-order valence-electron chi connectivity index (χ2n) is 9.64. The summed E-state index contributed by atoms with van der Waals surface area (Å²) in [5, 5.41) is 9.14. The molecule has 1 aromatic heterocycles. The second-order valence-corrected chi connectivity index (χ2v) is 9.64. The minimum Gasteiger partial charge on any atom is -0.342 e. The van der Waals surface area contributed by atoms with Crippen molar-refractivity contribution in [3.05, 3.63) is 82.7 Å². The quantitative estimate of drug-likeness (QED) is 0.399. The summed E-state index contributed by atoms with van der Waals surface area (Å²) in [6, 6.07) is 15.0. The Morgan fingerprint density at radius 3 is 2.24 bits per heavy atom. The van der Waals surface area contributed by atoms with Crippen LogP contribution in [0.15, 0.2) is 54.6 Å². The van der Waals surface area contributed by atoms with E-state index in [0.29, 0.717) is 24.3 Å². The maximum atomic E-state index is 12.9. The van der Waals surface area contributed by atoms with Crippen LogP contribution in [-0.4, -0.2) is 52.0 Å². The zero-order valence-corrected chi connectivity index (χ0v) is 21.1. The Morgan fingerprint density at radius 1 is 1.05 bits per heavy atom. The van der Waals surface area contributed by atoms with Gasteiger partial charge in [0.05, 0.1) is 12.3 Å². The minimum atomic E-state index is -4.29. The zero-order valence-electron chi connectivity index (χ0n) is 21.1. The van der Waals surface area contributed by atoms with E-state index in [1.165, 1.54) is 25.1 Å². The molecule has 2 heterocycles. The highest BCUT2D eigenvalue weighted by molar-refractivity contribution is 6.04. The molecule has 1 saturated heterocycles. The molecule has 3 aromatic rings. The first-order chi connectivity index (χ1) is 18.0. The van der Waals surface area contributed by atoms with Crippen molar-refractivity contribution in [2.24, 2.45) is 0 Å². The number of halogens is 3. The monoisotopic (exact) mass is 526 g/mol. The number of nitrogens with zero attached hydrogens (tertiary/aromatic N) is 2. The first-order valence-corrected chi connectivity index (χ1v) is 12.4. The predicted octanol–water partition coefficient (Wildman–Crippen LogP) is 5.48. The van der Waals surface area contributed by atoms with Crippen molar-refractivity contribution in [1.29, 1.82) is 0 Å². The SMILES string of the molecule is CC(=O)c1cc(C(=O)Nc2ccc(C3CCN(C(=O)Cc4ccc(C(C)C(F)(F)F)cc4)CC3)cc2)[nH]n1. The molecule has 0 radical (unpaired) electrons. The van der Waals surface area contributed by atoms with Gasteiger partial charge in [-0.2, -0.15) is 18.3 Å². The van der Waals surface area contributed by atoms with Crippen molar-refractivity contribution < 1.29 is 27.6 Å². The molecule has 0 aliphatic carbocycles. The second kappa shape index (κ2) is 11.2. The Bertz CT molecular complexity index is 1290. The molecule has 1 atom stereocenters. The summed E-state index contributed by atoms with van der Waals surface area (Å²) in [4.78, 5) is 38.3. The number of alkyl halides is 3. The average molecular weight is 527 g/mol. The summed E-state index contributed by atoms with van der Waals surface area (Å²) in [6.45, 7) is 3.70. The Hall–Kier alpha value is -3.95. The van der Waals surface area contributed by atoms with Gasteiger partial charge in [0.2, 0.25) is 5.91 Å². The van der Waals surface area contributed by atoms with Crippen molar-refractivity contribution in [3.63, 3.8) is 0 Å². The molecule has 10 heteroatoms. The first kappa shape index (κ1) is 27.1. The van der Waals surface area contributed by atoms with Crippen molar-refractivity contribution >= 4 is 23.3 Å². The molecule has 2 aromatic carbocycles. The molecular weight excluding hydrogens is 497 g/mol. The summed E-state index contributed by atoms with van der Waals surface area (Å²) < 4.78 is 38.7. The Labute approximate surface area is 218 Å². The van der Waals surface area contributed by atoms with E-state index in [0.717, 1.165) is 25.3 Å². The van der Waals surface area contributed by atoms with Crippen LogP contribution < -0.4 is 5.32 Å². The van der Waals surface area contributed by atoms with E-state index >= 15 is 0 Å². The first-order valence-electron chi connectivity index (χ1n) is 12.4. The van der Waals surface area contributed by atoms with E-state index in [2.05, 4.69) is 15.5 Å². The fourth-order valence-electron chi connectivity index (χ4n) is 4.52. The van der Waals surface area contributed by atoms with E-state index < -0.39 is 18.0 Å². The number of likely N-dealkylation sites (tertiary alicyclic amines) is 1. The highest BCUT2D eigenvalue weighted by Gasteiger charge is 2.36. The summed E-state index contributed by atoms with van der Waals surface area (Å²) in [5.41, 5.74) is 3.00. The van der Waals surface area contributed by atoms with Crippen LogP contribution in [0.1, 0.15) is 76.2 Å². The minimum absolute atomic E-state index is 0.0372. The molecule has 38 heavy (non-hydrogen) atoms. The van der Waals surface area contributed by atoms with E-state index in [1.54, 1.807) is 17.0 Å². The molecule has 200 valence electrons. The number of aromatic amines is 1. The predicted molar refractivity (Wildman–Crippen MR) is 136 cm³/mol. The van der Waals surface area contributed by atoms with Crippen LogP contribution in [0.5, 0.6) is 0 Å². The van der Waals surface area contributed by atoms with Crippen molar-refractivity contribution in [3.8, 4) is 0 Å². The highest BCUT2D eigenvalue weighted by atomic mass is 19.4. The van der Waals surface area contributed by atoms with Crippen LogP contribution in [0.4, 0.5) is 18.9 Å². The fourth-order valence-corrected chi connectivity index (χ4v) is 4.52. The molecule has 4 rings (SSSR count). The van der Waals surface area contributed by atoms with Crippen LogP contribution in [-0.2, 0) is 11.2 Å². The van der Waals surface area contributed by atoms with Gasteiger partial charge in [-0.25, -0.2) is 0 Å². The number of hydrogen-bond donors (Lipinski definition) is 2. The standard InChI is InChI=1S/C28H29F3N4O3/c1-17(28(29,30)31)20-5-3-19(4-6-20)15-26(37)35-13-11-22(12-14-35)21-7-9-23(10-8-21)32-27(38)25-16-24(18(2)36)33-34-25/h3-10,16-17,22H,11-15H2,1-2H3,(H,32,38)(H,33,34). The number of piperidine rings is 1. The third-order valence-corrected chi connectivity index (χ3v) is 7.00. The molecule has 1 fully saturated rings. The Morgan fingerprint density at radius 2 is 1.68 bits per heavy atom. The van der Waals surface area contributed by atoms with Crippen molar-refractivity contribution in [1.82, 2.24) is 15.1 Å². The number of aromatic nitrogens is 2. The maximum Gasteiger partial charge on any atom is 0.395 e. The van der Waals surface area contributed by atoms with Crippen LogP contribution in [0, 0.1) is 0 Å². The molecular formula is C28H29F3N4O3. The van der Waals surface area contributed by atoms with Gasteiger partial charge in [0.25, 0.3) is 5.91 Å². The summed E-state index contributed by atoms with van der Waals surface area (Å²) >= 11 is 0. The average Bonchev–Trinajstić information content (AvgIpc) is 3.40. The van der Waals surface area contributed by atoms with E-state index in [9.17, 15) is 27.6 Å². The number of carbonyl (C=O) groups excluding carboxylic acids is 3. The number of rotatable bonds is 7. The van der Waals surface area contributed by atoms with Gasteiger partial charge < -0.3 is 10.2 Å². The number of ketones is 1. The summed E-state index contributed by atoms with van der Waals surface area (Å²) in [7, 11) is 0.